The third-order valence-electron chi connectivity index (χ3n) is 7.69. The van der Waals surface area contributed by atoms with Crippen LogP contribution in [-0.4, -0.2) is 79.4 Å². The van der Waals surface area contributed by atoms with Crippen LogP contribution in [-0.2, 0) is 9.47 Å². The van der Waals surface area contributed by atoms with E-state index in [2.05, 4.69) is 39.9 Å². The first kappa shape index (κ1) is 35.8. The van der Waals surface area contributed by atoms with Crippen molar-refractivity contribution in [3.05, 3.63) is 79.0 Å². The molecule has 0 amide bonds. The van der Waals surface area contributed by atoms with Crippen LogP contribution in [0.25, 0.3) is 33.6 Å². The monoisotopic (exact) mass is 694 g/mol. The lowest BCUT2D eigenvalue weighted by Crippen LogP contribution is -2.33. The minimum Gasteiger partial charge on any atom is -0.423 e. The molecule has 2 unspecified atom stereocenters. The van der Waals surface area contributed by atoms with Crippen molar-refractivity contribution >= 4 is 46.5 Å². The molecule has 0 saturated carbocycles. The molecule has 6 aromatic heterocycles. The van der Waals surface area contributed by atoms with E-state index in [1.165, 1.54) is 43.6 Å². The number of ether oxygens (including phenoxy) is 2. The summed E-state index contributed by atoms with van der Waals surface area (Å²) in [6, 6.07) is 6.00. The van der Waals surface area contributed by atoms with E-state index in [9.17, 15) is 8.78 Å². The second-order valence-corrected chi connectivity index (χ2v) is 11.1. The first-order valence-electron chi connectivity index (χ1n) is 15.2. The number of nitrogens with zero attached hydrogens (tertiary/aromatic N) is 10. The van der Waals surface area contributed by atoms with E-state index in [0.717, 1.165) is 51.0 Å². The molecule has 18 heteroatoms. The van der Waals surface area contributed by atoms with Crippen LogP contribution in [0.15, 0.2) is 62.0 Å². The predicted molar refractivity (Wildman–Crippen MR) is 177 cm³/mol. The standard InChI is InChI=1S/C15H14FN5O.C10H11ClN4O.C5H5BFNO2.CH4/c16-14-10(4-3-6-17-14)12-13-15(19-8-18-12)21(9-20-13)11-5-1-2-7-22-11;11-9-8-10(13-5-12-9)15(6-14-8)7-3-1-2-4-16-7;7-5-4(6(9)10)2-1-3-8-5;/h3-4,6,8-9,11H,1-2,5,7H2;5-7H,1-4H2;1-3,9-10H;1H4. The van der Waals surface area contributed by atoms with Crippen LogP contribution >= 0.6 is 11.6 Å². The van der Waals surface area contributed by atoms with Gasteiger partial charge >= 0.3 is 7.12 Å². The van der Waals surface area contributed by atoms with Crippen molar-refractivity contribution in [1.29, 1.82) is 0 Å². The minimum atomic E-state index is -1.78. The van der Waals surface area contributed by atoms with Gasteiger partial charge in [-0.3, -0.25) is 9.13 Å². The highest BCUT2D eigenvalue weighted by Gasteiger charge is 2.22. The largest absolute Gasteiger partial charge is 0.493 e. The van der Waals surface area contributed by atoms with Gasteiger partial charge in [0.2, 0.25) is 11.9 Å². The van der Waals surface area contributed by atoms with Crippen molar-refractivity contribution in [3.63, 3.8) is 0 Å². The number of rotatable bonds is 4. The lowest BCUT2D eigenvalue weighted by atomic mass is 9.81. The molecule has 2 atom stereocenters. The van der Waals surface area contributed by atoms with Crippen LogP contribution in [0.2, 0.25) is 5.15 Å². The molecule has 2 N–H and O–H groups in total. The Labute approximate surface area is 285 Å². The van der Waals surface area contributed by atoms with Crippen molar-refractivity contribution < 1.29 is 28.3 Å². The molecule has 0 aromatic carbocycles. The fourth-order valence-electron chi connectivity index (χ4n) is 5.33. The molecule has 2 aliphatic rings. The van der Waals surface area contributed by atoms with E-state index in [1.807, 2.05) is 9.13 Å². The van der Waals surface area contributed by atoms with Gasteiger partial charge in [0.1, 0.15) is 41.8 Å². The van der Waals surface area contributed by atoms with Crippen molar-refractivity contribution in [3.8, 4) is 11.3 Å². The second-order valence-electron chi connectivity index (χ2n) is 10.8. The zero-order chi connectivity index (χ0) is 33.5. The van der Waals surface area contributed by atoms with Crippen LogP contribution in [0.5, 0.6) is 0 Å². The fraction of sp³-hybridized carbons (Fsp3) is 0.355. The molecule has 2 saturated heterocycles. The average Bonchev–Trinajstić information content (AvgIpc) is 3.76. The Kier molecular flexibility index (Phi) is 12.2. The number of aromatic nitrogens is 10. The highest BCUT2D eigenvalue weighted by molar-refractivity contribution is 6.58. The Morgan fingerprint density at radius 2 is 1.29 bits per heavy atom. The molecule has 8 rings (SSSR count). The molecule has 0 bridgehead atoms. The fourth-order valence-corrected chi connectivity index (χ4v) is 5.51. The van der Waals surface area contributed by atoms with Crippen molar-refractivity contribution in [1.82, 2.24) is 49.0 Å². The van der Waals surface area contributed by atoms with Gasteiger partial charge in [-0.15, -0.1) is 0 Å². The summed E-state index contributed by atoms with van der Waals surface area (Å²) in [5, 5.41) is 17.3. The van der Waals surface area contributed by atoms with Gasteiger partial charge in [0, 0.05) is 31.1 Å². The van der Waals surface area contributed by atoms with E-state index in [0.29, 0.717) is 33.1 Å². The summed E-state index contributed by atoms with van der Waals surface area (Å²) in [6.07, 6.45) is 15.3. The summed E-state index contributed by atoms with van der Waals surface area (Å²) < 4.78 is 41.6. The van der Waals surface area contributed by atoms with Crippen molar-refractivity contribution in [2.45, 2.75) is 58.4 Å². The highest BCUT2D eigenvalue weighted by Crippen LogP contribution is 2.30. The zero-order valence-electron chi connectivity index (χ0n) is 25.5. The number of hydrogen-bond acceptors (Lipinski definition) is 12. The molecule has 2 fully saturated rings. The molecule has 0 radical (unpaired) electrons. The Morgan fingerprint density at radius 1 is 0.714 bits per heavy atom. The lowest BCUT2D eigenvalue weighted by molar-refractivity contribution is -0.0299. The maximum atomic E-state index is 13.9. The molecule has 256 valence electrons. The summed E-state index contributed by atoms with van der Waals surface area (Å²) in [7, 11) is -1.78. The lowest BCUT2D eigenvalue weighted by Gasteiger charge is -2.23. The normalized spacial score (nSPS) is 17.3. The molecule has 2 aliphatic heterocycles. The highest BCUT2D eigenvalue weighted by atomic mass is 35.5. The maximum Gasteiger partial charge on any atom is 0.493 e. The molecule has 0 spiro atoms. The minimum absolute atomic E-state index is 0. The Bertz CT molecular complexity index is 1970. The second kappa shape index (κ2) is 16.7. The molecule has 49 heavy (non-hydrogen) atoms. The maximum absolute atomic E-state index is 13.9. The van der Waals surface area contributed by atoms with Gasteiger partial charge in [0.15, 0.2) is 16.4 Å². The van der Waals surface area contributed by atoms with E-state index < -0.39 is 19.0 Å². The summed E-state index contributed by atoms with van der Waals surface area (Å²) >= 11 is 5.94. The third kappa shape index (κ3) is 8.20. The average molecular weight is 695 g/mol. The van der Waals surface area contributed by atoms with E-state index in [1.54, 1.807) is 24.8 Å². The van der Waals surface area contributed by atoms with Gasteiger partial charge < -0.3 is 19.5 Å². The Balaban J connectivity index is 0.000000153. The number of hydrogen-bond donors (Lipinski definition) is 2. The molecule has 8 heterocycles. The van der Waals surface area contributed by atoms with E-state index in [-0.39, 0.29) is 25.3 Å². The van der Waals surface area contributed by atoms with Crippen LogP contribution in [0, 0.1) is 11.9 Å². The van der Waals surface area contributed by atoms with Gasteiger partial charge in [0.05, 0.1) is 18.2 Å². The van der Waals surface area contributed by atoms with E-state index in [4.69, 9.17) is 31.1 Å². The summed E-state index contributed by atoms with van der Waals surface area (Å²) in [5.74, 6) is -1.41. The predicted octanol–water partition coefficient (Wildman–Crippen LogP) is 4.44. The summed E-state index contributed by atoms with van der Waals surface area (Å²) in [5.41, 5.74) is 3.16. The van der Waals surface area contributed by atoms with Gasteiger partial charge in [-0.2, -0.15) is 8.78 Å². The Hall–Kier alpha value is -4.55. The molecular weight excluding hydrogens is 661 g/mol. The van der Waals surface area contributed by atoms with Crippen LogP contribution < -0.4 is 5.46 Å². The number of halogens is 3. The first-order valence-corrected chi connectivity index (χ1v) is 15.6. The van der Waals surface area contributed by atoms with E-state index >= 15 is 0 Å². The van der Waals surface area contributed by atoms with Crippen LogP contribution in [0.1, 0.15) is 58.4 Å². The third-order valence-corrected chi connectivity index (χ3v) is 7.96. The Morgan fingerprint density at radius 3 is 1.84 bits per heavy atom. The number of imidazole rings is 2. The zero-order valence-corrected chi connectivity index (χ0v) is 26.2. The van der Waals surface area contributed by atoms with Gasteiger partial charge in [0.25, 0.3) is 0 Å². The van der Waals surface area contributed by atoms with Crippen LogP contribution in [0.3, 0.4) is 0 Å². The summed E-state index contributed by atoms with van der Waals surface area (Å²) in [4.78, 5) is 32.1. The first-order chi connectivity index (χ1) is 23.4. The topological polar surface area (TPSA) is 172 Å². The van der Waals surface area contributed by atoms with Crippen molar-refractivity contribution in [2.24, 2.45) is 0 Å². The summed E-state index contributed by atoms with van der Waals surface area (Å²) in [6.45, 7) is 1.53. The number of fused-ring (bicyclic) bond motifs is 2. The number of pyridine rings is 2. The molecule has 0 aliphatic carbocycles. The van der Waals surface area contributed by atoms with Crippen molar-refractivity contribution in [2.75, 3.05) is 13.2 Å². The van der Waals surface area contributed by atoms with Gasteiger partial charge in [-0.05, 0) is 56.7 Å². The molecule has 6 aromatic rings. The quantitative estimate of drug-likeness (QED) is 0.151. The molecular formula is C31H34BClF2N10O4. The van der Waals surface area contributed by atoms with Gasteiger partial charge in [-0.25, -0.2) is 39.9 Å². The smallest absolute Gasteiger partial charge is 0.423 e. The SMILES string of the molecule is C.Clc1ncnc2c1ncn2C1CCCCO1.Fc1ncccc1-c1ncnc2c1ncn2C1CCCCO1.OB(O)c1cccnc1F. The molecule has 14 nitrogen and oxygen atoms in total. The van der Waals surface area contributed by atoms with Crippen LogP contribution in [0.4, 0.5) is 8.78 Å². The van der Waals surface area contributed by atoms with Gasteiger partial charge in [-0.1, -0.05) is 25.1 Å².